The number of amides is 1. The molecule has 1 saturated heterocycles. The van der Waals surface area contributed by atoms with Crippen LogP contribution in [-0.4, -0.2) is 42.0 Å². The zero-order valence-electron chi connectivity index (χ0n) is 13.1. The number of pyridine rings is 1. The first kappa shape index (κ1) is 15.0. The second kappa shape index (κ2) is 6.88. The number of likely N-dealkylation sites (N-methyl/N-ethyl adjacent to an activating group) is 1. The van der Waals surface area contributed by atoms with Gasteiger partial charge < -0.3 is 5.32 Å². The second-order valence-electron chi connectivity index (χ2n) is 6.03. The van der Waals surface area contributed by atoms with E-state index in [0.29, 0.717) is 6.54 Å². The summed E-state index contributed by atoms with van der Waals surface area (Å²) in [6, 6.07) is 10.3. The van der Waals surface area contributed by atoms with E-state index < -0.39 is 0 Å². The second-order valence-corrected chi connectivity index (χ2v) is 6.03. The van der Waals surface area contributed by atoms with Crippen LogP contribution in [0.25, 0.3) is 10.9 Å². The SMILES string of the molecule is CN1CCCCC1C(=O)NCCc1cccc2cccnc12. The lowest BCUT2D eigenvalue weighted by atomic mass is 10.0. The average molecular weight is 297 g/mol. The zero-order chi connectivity index (χ0) is 15.4. The highest BCUT2D eigenvalue weighted by Gasteiger charge is 2.25. The molecule has 1 aliphatic heterocycles. The number of hydrogen-bond donors (Lipinski definition) is 1. The van der Waals surface area contributed by atoms with E-state index in [9.17, 15) is 4.79 Å². The molecular formula is C18H23N3O. The fraction of sp³-hybridized carbons (Fsp3) is 0.444. The van der Waals surface area contributed by atoms with Gasteiger partial charge in [0.1, 0.15) is 0 Å². The molecule has 1 atom stereocenters. The van der Waals surface area contributed by atoms with Crippen molar-refractivity contribution in [2.75, 3.05) is 20.1 Å². The smallest absolute Gasteiger partial charge is 0.237 e. The third-order valence-electron chi connectivity index (χ3n) is 4.48. The van der Waals surface area contributed by atoms with Gasteiger partial charge in [-0.1, -0.05) is 30.7 Å². The van der Waals surface area contributed by atoms with Crippen molar-refractivity contribution in [1.29, 1.82) is 0 Å². The summed E-state index contributed by atoms with van der Waals surface area (Å²) in [6.07, 6.45) is 5.95. The number of piperidine rings is 1. The van der Waals surface area contributed by atoms with Gasteiger partial charge in [-0.3, -0.25) is 14.7 Å². The fourth-order valence-corrected chi connectivity index (χ4v) is 3.21. The van der Waals surface area contributed by atoms with Crippen molar-refractivity contribution in [1.82, 2.24) is 15.2 Å². The molecule has 4 heteroatoms. The van der Waals surface area contributed by atoms with Crippen LogP contribution in [0.15, 0.2) is 36.5 Å². The Morgan fingerprint density at radius 1 is 1.32 bits per heavy atom. The summed E-state index contributed by atoms with van der Waals surface area (Å²) in [4.78, 5) is 18.9. The minimum atomic E-state index is 0.0411. The Morgan fingerprint density at radius 2 is 2.18 bits per heavy atom. The van der Waals surface area contributed by atoms with Gasteiger partial charge in [0.25, 0.3) is 0 Å². The molecule has 0 saturated carbocycles. The van der Waals surface area contributed by atoms with Gasteiger partial charge >= 0.3 is 0 Å². The first-order chi connectivity index (χ1) is 10.8. The Bertz CT molecular complexity index is 650. The van der Waals surface area contributed by atoms with Crippen LogP contribution in [0.3, 0.4) is 0 Å². The highest BCUT2D eigenvalue weighted by Crippen LogP contribution is 2.17. The maximum absolute atomic E-state index is 12.3. The van der Waals surface area contributed by atoms with E-state index in [1.165, 1.54) is 12.0 Å². The number of fused-ring (bicyclic) bond motifs is 1. The number of likely N-dealkylation sites (tertiary alicyclic amines) is 1. The lowest BCUT2D eigenvalue weighted by Crippen LogP contribution is -2.47. The largest absolute Gasteiger partial charge is 0.354 e. The van der Waals surface area contributed by atoms with Crippen LogP contribution in [0, 0.1) is 0 Å². The van der Waals surface area contributed by atoms with Crippen LogP contribution in [0.2, 0.25) is 0 Å². The lowest BCUT2D eigenvalue weighted by Gasteiger charge is -2.31. The van der Waals surface area contributed by atoms with E-state index >= 15 is 0 Å². The van der Waals surface area contributed by atoms with Gasteiger partial charge in [0, 0.05) is 18.1 Å². The summed E-state index contributed by atoms with van der Waals surface area (Å²) in [5.41, 5.74) is 2.23. The van der Waals surface area contributed by atoms with Crippen LogP contribution in [0.5, 0.6) is 0 Å². The van der Waals surface area contributed by atoms with Crippen molar-refractivity contribution in [3.05, 3.63) is 42.1 Å². The molecular weight excluding hydrogens is 274 g/mol. The van der Waals surface area contributed by atoms with Crippen molar-refractivity contribution in [2.45, 2.75) is 31.7 Å². The zero-order valence-corrected chi connectivity index (χ0v) is 13.1. The lowest BCUT2D eigenvalue weighted by molar-refractivity contribution is -0.126. The van der Waals surface area contributed by atoms with Crippen LogP contribution >= 0.6 is 0 Å². The summed E-state index contributed by atoms with van der Waals surface area (Å²) in [5, 5.41) is 4.24. The molecule has 1 aromatic heterocycles. The van der Waals surface area contributed by atoms with Crippen molar-refractivity contribution < 1.29 is 4.79 Å². The number of benzene rings is 1. The number of nitrogens with zero attached hydrogens (tertiary/aromatic N) is 2. The predicted octanol–water partition coefficient (Wildman–Crippen LogP) is 2.38. The molecule has 0 aliphatic carbocycles. The molecule has 4 nitrogen and oxygen atoms in total. The maximum Gasteiger partial charge on any atom is 0.237 e. The van der Waals surface area contributed by atoms with Gasteiger partial charge in [0.15, 0.2) is 0 Å². The minimum Gasteiger partial charge on any atom is -0.354 e. The Hall–Kier alpha value is -1.94. The molecule has 1 amide bonds. The number of rotatable bonds is 4. The number of aromatic nitrogens is 1. The number of hydrogen-bond acceptors (Lipinski definition) is 3. The highest BCUT2D eigenvalue weighted by molar-refractivity contribution is 5.83. The molecule has 0 bridgehead atoms. The van der Waals surface area contributed by atoms with Crippen LogP contribution in [0.1, 0.15) is 24.8 Å². The molecule has 0 spiro atoms. The van der Waals surface area contributed by atoms with Gasteiger partial charge in [-0.15, -0.1) is 0 Å². The monoisotopic (exact) mass is 297 g/mol. The maximum atomic E-state index is 12.3. The third kappa shape index (κ3) is 3.28. The third-order valence-corrected chi connectivity index (χ3v) is 4.48. The van der Waals surface area contributed by atoms with E-state index in [4.69, 9.17) is 0 Å². The standard InChI is InChI=1S/C18H23N3O/c1-21-13-3-2-9-16(21)18(22)20-12-10-15-7-4-6-14-8-5-11-19-17(14)15/h4-8,11,16H,2-3,9-10,12-13H2,1H3,(H,20,22). The summed E-state index contributed by atoms with van der Waals surface area (Å²) >= 11 is 0. The number of nitrogens with one attached hydrogen (secondary N) is 1. The molecule has 0 radical (unpaired) electrons. The Balaban J connectivity index is 1.59. The highest BCUT2D eigenvalue weighted by atomic mass is 16.2. The first-order valence-corrected chi connectivity index (χ1v) is 8.06. The number of carbonyl (C=O) groups excluding carboxylic acids is 1. The van der Waals surface area contributed by atoms with Crippen molar-refractivity contribution in [3.8, 4) is 0 Å². The van der Waals surface area contributed by atoms with Crippen molar-refractivity contribution >= 4 is 16.8 Å². The van der Waals surface area contributed by atoms with E-state index in [-0.39, 0.29) is 11.9 Å². The van der Waals surface area contributed by atoms with Gasteiger partial charge in [-0.2, -0.15) is 0 Å². The van der Waals surface area contributed by atoms with Crippen LogP contribution < -0.4 is 5.32 Å². The summed E-state index contributed by atoms with van der Waals surface area (Å²) < 4.78 is 0. The van der Waals surface area contributed by atoms with E-state index in [1.807, 2.05) is 19.3 Å². The molecule has 1 unspecified atom stereocenters. The van der Waals surface area contributed by atoms with Crippen LogP contribution in [0.4, 0.5) is 0 Å². The molecule has 1 N–H and O–H groups in total. The fourth-order valence-electron chi connectivity index (χ4n) is 3.21. The van der Waals surface area contributed by atoms with Crippen molar-refractivity contribution in [3.63, 3.8) is 0 Å². The molecule has 116 valence electrons. The molecule has 2 heterocycles. The number of para-hydroxylation sites is 1. The summed E-state index contributed by atoms with van der Waals surface area (Å²) in [6.45, 7) is 1.68. The molecule has 1 aliphatic rings. The van der Waals surface area contributed by atoms with Crippen molar-refractivity contribution in [2.24, 2.45) is 0 Å². The Kier molecular flexibility index (Phi) is 4.68. The summed E-state index contributed by atoms with van der Waals surface area (Å²) in [5.74, 6) is 0.162. The van der Waals surface area contributed by atoms with Gasteiger partial charge in [-0.05, 0) is 44.5 Å². The molecule has 22 heavy (non-hydrogen) atoms. The quantitative estimate of drug-likeness (QED) is 0.942. The van der Waals surface area contributed by atoms with Crippen LogP contribution in [-0.2, 0) is 11.2 Å². The molecule has 1 fully saturated rings. The Labute approximate surface area is 131 Å². The normalized spacial score (nSPS) is 19.2. The minimum absolute atomic E-state index is 0.0411. The predicted molar refractivity (Wildman–Crippen MR) is 88.7 cm³/mol. The Morgan fingerprint density at radius 3 is 3.05 bits per heavy atom. The van der Waals surface area contributed by atoms with E-state index in [0.717, 1.165) is 36.7 Å². The molecule has 2 aromatic rings. The topological polar surface area (TPSA) is 45.2 Å². The average Bonchev–Trinajstić information content (AvgIpc) is 2.55. The van der Waals surface area contributed by atoms with E-state index in [1.54, 1.807) is 0 Å². The number of carbonyl (C=O) groups is 1. The van der Waals surface area contributed by atoms with E-state index in [2.05, 4.69) is 39.5 Å². The summed E-state index contributed by atoms with van der Waals surface area (Å²) in [7, 11) is 2.04. The van der Waals surface area contributed by atoms with Gasteiger partial charge in [0.05, 0.1) is 11.6 Å². The first-order valence-electron chi connectivity index (χ1n) is 8.06. The van der Waals surface area contributed by atoms with Gasteiger partial charge in [-0.25, -0.2) is 0 Å². The van der Waals surface area contributed by atoms with Gasteiger partial charge in [0.2, 0.25) is 5.91 Å². The molecule has 3 rings (SSSR count). The molecule has 1 aromatic carbocycles.